The molecule has 37 nitrogen and oxygen atoms in total. The lowest BCUT2D eigenvalue weighted by atomic mass is 10.1. The zero-order chi connectivity index (χ0) is 78.5. The maximum absolute atomic E-state index is 12.8. The van der Waals surface area contributed by atoms with Gasteiger partial charge in [0.05, 0.1) is 91.4 Å². The number of nitro groups is 1. The molecule has 3 heterocycles. The van der Waals surface area contributed by atoms with Gasteiger partial charge in [-0.15, -0.1) is 0 Å². The van der Waals surface area contributed by atoms with Crippen LogP contribution < -0.4 is 54.0 Å². The third-order valence-corrected chi connectivity index (χ3v) is 16.1. The first-order valence-corrected chi connectivity index (χ1v) is 36.5. The number of nitrogens with zero attached hydrogens (tertiary/aromatic N) is 6. The van der Waals surface area contributed by atoms with E-state index < -0.39 is 172 Å². The van der Waals surface area contributed by atoms with E-state index >= 15 is 0 Å². The minimum absolute atomic E-state index is 0.0398. The Hall–Kier alpha value is -10.1. The summed E-state index contributed by atoms with van der Waals surface area (Å²) >= 11 is 5.83. The highest BCUT2D eigenvalue weighted by Crippen LogP contribution is 2.38. The number of carbonyl (C=O) groups is 6. The lowest BCUT2D eigenvalue weighted by molar-refractivity contribution is -0.385. The number of pyridine rings is 1. The highest BCUT2D eigenvalue weighted by Gasteiger charge is 2.33. The van der Waals surface area contributed by atoms with Crippen LogP contribution in [0, 0.1) is 10.1 Å². The molecule has 6 aromatic rings. The number of esters is 2. The molecule has 0 aliphatic rings. The molecule has 0 saturated carbocycles. The van der Waals surface area contributed by atoms with Crippen molar-refractivity contribution in [2.45, 2.75) is 61.1 Å². The van der Waals surface area contributed by atoms with Crippen molar-refractivity contribution in [3.8, 4) is 35.0 Å². The van der Waals surface area contributed by atoms with Gasteiger partial charge in [-0.1, -0.05) is 30.7 Å². The molecule has 2 atom stereocenters. The summed E-state index contributed by atoms with van der Waals surface area (Å²) in [6, 6.07) is 11.1. The molecule has 103 heavy (non-hydrogen) atoms. The lowest BCUT2D eigenvalue weighted by Crippen LogP contribution is -2.36. The number of rotatable bonds is 26. The Kier molecular flexibility index (Phi) is 35.0. The predicted octanol–water partition coefficient (Wildman–Crippen LogP) is 5.91. The number of sulfonamides is 2. The van der Waals surface area contributed by atoms with Crippen molar-refractivity contribution in [1.82, 2.24) is 39.7 Å². The van der Waals surface area contributed by atoms with E-state index in [1.165, 1.54) is 57.1 Å². The summed E-state index contributed by atoms with van der Waals surface area (Å²) in [6.45, 7) is -3.13. The molecule has 4 amide bonds. The van der Waals surface area contributed by atoms with Gasteiger partial charge < -0.3 is 57.7 Å². The summed E-state index contributed by atoms with van der Waals surface area (Å²) < 4.78 is 207. The van der Waals surface area contributed by atoms with Crippen LogP contribution in [0.15, 0.2) is 106 Å². The zero-order valence-corrected chi connectivity index (χ0v) is 58.7. The third kappa shape index (κ3) is 31.8. The molecule has 0 aliphatic carbocycles. The topological polar surface area (TPSA) is 538 Å². The standard InChI is InChI=1S/C19H15ClF3NO7.C14H10F4N4O7S.C14H17N5O7S2.C3H8NO5P.C3H9S/c1-3-29-17(25)10(2)30-18(26)13-9-12(5-6-15(13)24(27)28)31-16-7-4-11(8-14(16)20)19(21,22)23;15-11(16)28-8-5-9(29-12(17)18)20-13(19-8)21-14(25)22-30(26,27)7-4-2-1-3-6(7)10(23)24;1-4-27(21,22)9-6-5-7-15-12(9)28(23,24)19-14(20)18-13-16-10(25-2)8-11(17-13)26-3;5-3(6)1-4-2-10(7,8)9;1-4(2)3/h4-10H,3H2,1-2H3;1-5,11-12H,(H,23,24)(H2,19,20,21,22,25);5-8H,4H2,1-3H3,(H2,16,17,18,19,20);4H,1-2H2,(H,5,6)(H2,7,8,9);1-3H3/q;;;;+1/p-1. The van der Waals surface area contributed by atoms with Crippen LogP contribution in [-0.4, -0.2) is 184 Å². The van der Waals surface area contributed by atoms with Gasteiger partial charge in [0.1, 0.15) is 34.4 Å². The number of aromatic carboxylic acids is 1. The Balaban J connectivity index is 0.000000479. The lowest BCUT2D eigenvalue weighted by Gasteiger charge is -2.14. The molecule has 8 N–H and O–H groups in total. The molecule has 6 rings (SSSR count). The third-order valence-electron chi connectivity index (χ3n) is 10.6. The van der Waals surface area contributed by atoms with Crippen molar-refractivity contribution in [3.05, 3.63) is 123 Å². The van der Waals surface area contributed by atoms with Gasteiger partial charge in [-0.25, -0.2) is 55.2 Å². The summed E-state index contributed by atoms with van der Waals surface area (Å²) in [5, 5.41) is 32.9. The van der Waals surface area contributed by atoms with Crippen LogP contribution in [0.2, 0.25) is 5.02 Å². The first kappa shape index (κ1) is 89.0. The van der Waals surface area contributed by atoms with Gasteiger partial charge in [0.15, 0.2) is 21.0 Å². The van der Waals surface area contributed by atoms with Crippen molar-refractivity contribution in [2.75, 3.05) is 68.8 Å². The van der Waals surface area contributed by atoms with Gasteiger partial charge >= 0.3 is 55.3 Å². The number of carboxylic acids is 2. The first-order chi connectivity index (χ1) is 47.7. The van der Waals surface area contributed by atoms with Gasteiger partial charge in [-0.3, -0.25) is 30.9 Å². The number of nitrogens with one attached hydrogen (secondary N) is 5. The van der Waals surface area contributed by atoms with Crippen LogP contribution in [0.5, 0.6) is 35.0 Å². The summed E-state index contributed by atoms with van der Waals surface area (Å²) in [5.74, 6) is -8.50. The molecule has 0 fully saturated rings. The number of urea groups is 2. The monoisotopic (exact) mass is 1590 g/mol. The largest absolute Gasteiger partial charge is 0.778 e. The Bertz CT molecular complexity index is 4330. The smallest absolute Gasteiger partial charge is 0.416 e. The van der Waals surface area contributed by atoms with Gasteiger partial charge in [0, 0.05) is 18.3 Å². The molecule has 3 aromatic heterocycles. The SMILES string of the molecule is CCOC(=O)C(C)OC(=O)c1cc(Oc2ccc(C(F)(F)F)cc2Cl)ccc1[N+](=O)[O-].CCS(=O)(=O)c1cccnc1S(=O)(=O)NC(=O)Nc1nc(OC)cc(OC)n1.C[S+](C)C.O=C(Nc1nc(OC(F)F)cc(OC(F)F)n1)NS(=O)(=O)c1ccccc1C(=O)O.O=C(O)CNCP(=O)([O-])O. The second kappa shape index (κ2) is 40.5. The number of carboxylic acid groups (broad SMARTS) is 2. The summed E-state index contributed by atoms with van der Waals surface area (Å²) in [4.78, 5) is 114. The van der Waals surface area contributed by atoms with E-state index in [1.807, 2.05) is 5.32 Å². The summed E-state index contributed by atoms with van der Waals surface area (Å²) in [6.07, 6.45) is 1.03. The number of aliphatic carboxylic acids is 1. The molecule has 566 valence electrons. The van der Waals surface area contributed by atoms with Gasteiger partial charge in [-0.2, -0.15) is 59.1 Å². The summed E-state index contributed by atoms with van der Waals surface area (Å²) in [5.41, 5.74) is -2.81. The number of methoxy groups -OCH3 is 2. The van der Waals surface area contributed by atoms with Crippen LogP contribution in [0.25, 0.3) is 0 Å². The Morgan fingerprint density at radius 3 is 1.69 bits per heavy atom. The highest BCUT2D eigenvalue weighted by atomic mass is 35.5. The van der Waals surface area contributed by atoms with E-state index in [0.29, 0.717) is 23.0 Å². The molecular weight excluding hydrogens is 1530 g/mol. The Morgan fingerprint density at radius 2 is 1.23 bits per heavy atom. The molecule has 0 radical (unpaired) electrons. The number of benzene rings is 3. The number of amides is 4. The average Bonchev–Trinajstić information content (AvgIpc) is 0.794. The molecule has 0 bridgehead atoms. The number of aromatic nitrogens is 5. The second-order valence-corrected chi connectivity index (χ2v) is 28.8. The van der Waals surface area contributed by atoms with Crippen LogP contribution >= 0.6 is 19.2 Å². The normalized spacial score (nSPS) is 12.0. The fourth-order valence-corrected chi connectivity index (χ4v) is 10.8. The van der Waals surface area contributed by atoms with Gasteiger partial charge in [0.2, 0.25) is 35.4 Å². The maximum atomic E-state index is 12.8. The number of halogens is 8. The number of ether oxygens (including phenoxy) is 7. The van der Waals surface area contributed by atoms with Crippen molar-refractivity contribution in [3.63, 3.8) is 0 Å². The molecule has 0 aliphatic heterocycles. The van der Waals surface area contributed by atoms with E-state index in [9.17, 15) is 104 Å². The number of carbonyl (C=O) groups excluding carboxylic acids is 4. The number of hydrogen-bond donors (Lipinski definition) is 8. The van der Waals surface area contributed by atoms with Crippen molar-refractivity contribution in [2.24, 2.45) is 0 Å². The van der Waals surface area contributed by atoms with Gasteiger partial charge in [-0.05, 0) is 73.3 Å². The average molecular weight is 1590 g/mol. The molecule has 0 saturated heterocycles. The van der Waals surface area contributed by atoms with Crippen LogP contribution in [-0.2, 0) is 70.6 Å². The Morgan fingerprint density at radius 1 is 0.728 bits per heavy atom. The van der Waals surface area contributed by atoms with Crippen molar-refractivity contribution < 1.29 is 147 Å². The quantitative estimate of drug-likeness (QED) is 0.00781. The number of nitro benzene ring substituents is 1. The van der Waals surface area contributed by atoms with E-state index in [-0.39, 0.29) is 46.6 Å². The minimum Gasteiger partial charge on any atom is -0.778 e. The fourth-order valence-electron chi connectivity index (χ4n) is 6.51. The Labute approximate surface area is 585 Å². The molecule has 50 heteroatoms. The van der Waals surface area contributed by atoms with E-state index in [4.69, 9.17) is 50.4 Å². The number of anilines is 2. The number of sulfone groups is 1. The van der Waals surface area contributed by atoms with Crippen LogP contribution in [0.3, 0.4) is 0 Å². The predicted molar refractivity (Wildman–Crippen MR) is 341 cm³/mol. The van der Waals surface area contributed by atoms with E-state index in [0.717, 1.165) is 54.7 Å². The second-order valence-electron chi connectivity index (χ2n) is 18.9. The van der Waals surface area contributed by atoms with E-state index in [2.05, 4.69) is 58.5 Å². The molecule has 0 spiro atoms. The van der Waals surface area contributed by atoms with Crippen LogP contribution in [0.4, 0.5) is 57.9 Å². The first-order valence-electron chi connectivity index (χ1n) is 27.3. The highest BCUT2D eigenvalue weighted by molar-refractivity contribution is 7.94. The summed E-state index contributed by atoms with van der Waals surface area (Å²) in [7, 11) is -14.3. The van der Waals surface area contributed by atoms with Gasteiger partial charge in [0.25, 0.3) is 25.7 Å². The van der Waals surface area contributed by atoms with Crippen LogP contribution in [0.1, 0.15) is 47.1 Å². The zero-order valence-electron chi connectivity index (χ0n) is 53.7. The molecule has 2 unspecified atom stereocenters. The number of hydrogen-bond acceptors (Lipinski definition) is 29. The van der Waals surface area contributed by atoms with E-state index in [1.54, 1.807) is 17.0 Å². The fraction of sp³-hybridized carbons (Fsp3) is 0.302. The maximum Gasteiger partial charge on any atom is 0.416 e. The minimum atomic E-state index is -4.71. The van der Waals surface area contributed by atoms with Crippen molar-refractivity contribution in [1.29, 1.82) is 0 Å². The number of alkyl halides is 7. The molecule has 3 aromatic carbocycles. The van der Waals surface area contributed by atoms with Crippen molar-refractivity contribution >= 4 is 113 Å². The molecular formula is C53H58ClF7N11O26PS4.